The summed E-state index contributed by atoms with van der Waals surface area (Å²) in [7, 11) is 0. The molecule has 0 aromatic carbocycles. The molecule has 0 bridgehead atoms. The van der Waals surface area contributed by atoms with Crippen molar-refractivity contribution in [1.29, 1.82) is 0 Å². The fraction of sp³-hybridized carbons (Fsp3) is 0.643. The maximum absolute atomic E-state index is 13.8. The zero-order valence-electron chi connectivity index (χ0n) is 11.4. The van der Waals surface area contributed by atoms with Crippen LogP contribution in [0.3, 0.4) is 0 Å². The fourth-order valence-corrected chi connectivity index (χ4v) is 3.20. The van der Waals surface area contributed by atoms with Gasteiger partial charge in [-0.25, -0.2) is 4.39 Å². The zero-order valence-corrected chi connectivity index (χ0v) is 13.0. The van der Waals surface area contributed by atoms with Crippen molar-refractivity contribution in [1.82, 2.24) is 9.88 Å². The Morgan fingerprint density at radius 3 is 2.95 bits per heavy atom. The lowest BCUT2D eigenvalue weighted by molar-refractivity contribution is 0.121. The number of halogens is 2. The second kappa shape index (κ2) is 5.85. The molecule has 3 nitrogen and oxygen atoms in total. The molecule has 1 fully saturated rings. The summed E-state index contributed by atoms with van der Waals surface area (Å²) in [6, 6.07) is 0. The third-order valence-corrected chi connectivity index (χ3v) is 4.24. The quantitative estimate of drug-likeness (QED) is 0.905. The second-order valence-electron chi connectivity index (χ2n) is 6.10. The molecule has 0 aliphatic carbocycles. The molecule has 0 radical (unpaired) electrons. The summed E-state index contributed by atoms with van der Waals surface area (Å²) in [6.45, 7) is 6.49. The number of likely N-dealkylation sites (tertiary alicyclic amines) is 1. The van der Waals surface area contributed by atoms with E-state index in [-0.39, 0.29) is 17.3 Å². The van der Waals surface area contributed by atoms with E-state index in [1.54, 1.807) is 6.20 Å². The molecule has 1 aromatic heterocycles. The maximum Gasteiger partial charge on any atom is 0.147 e. The van der Waals surface area contributed by atoms with E-state index < -0.39 is 0 Å². The van der Waals surface area contributed by atoms with E-state index in [0.29, 0.717) is 16.6 Å². The summed E-state index contributed by atoms with van der Waals surface area (Å²) >= 11 is 3.36. The van der Waals surface area contributed by atoms with Gasteiger partial charge in [0.25, 0.3) is 0 Å². The van der Waals surface area contributed by atoms with Crippen LogP contribution < -0.4 is 0 Å². The van der Waals surface area contributed by atoms with Gasteiger partial charge in [0.05, 0.1) is 12.3 Å². The van der Waals surface area contributed by atoms with Gasteiger partial charge in [0, 0.05) is 35.9 Å². The number of pyridine rings is 1. The van der Waals surface area contributed by atoms with Crippen LogP contribution in [0.1, 0.15) is 32.3 Å². The average Bonchev–Trinajstić information content (AvgIpc) is 2.41. The van der Waals surface area contributed by atoms with Crippen LogP contribution in [0.4, 0.5) is 4.39 Å². The summed E-state index contributed by atoms with van der Waals surface area (Å²) in [6.07, 6.45) is 4.15. The summed E-state index contributed by atoms with van der Waals surface area (Å²) in [5.41, 5.74) is 0.688. The summed E-state index contributed by atoms with van der Waals surface area (Å²) in [4.78, 5) is 6.02. The summed E-state index contributed by atoms with van der Waals surface area (Å²) in [5, 5.41) is 9.90. The highest BCUT2D eigenvalue weighted by molar-refractivity contribution is 9.10. The van der Waals surface area contributed by atoms with Crippen LogP contribution in [0.15, 0.2) is 16.9 Å². The minimum absolute atomic E-state index is 0.0475. The van der Waals surface area contributed by atoms with Gasteiger partial charge in [-0.3, -0.25) is 9.88 Å². The molecule has 0 amide bonds. The van der Waals surface area contributed by atoms with Gasteiger partial charge in [0.15, 0.2) is 0 Å². The highest BCUT2D eigenvalue weighted by Crippen LogP contribution is 2.30. The van der Waals surface area contributed by atoms with Gasteiger partial charge in [-0.1, -0.05) is 13.8 Å². The lowest BCUT2D eigenvalue weighted by atomic mass is 9.87. The molecule has 1 N–H and O–H groups in total. The van der Waals surface area contributed by atoms with Crippen LogP contribution in [0.2, 0.25) is 0 Å². The fourth-order valence-electron chi connectivity index (χ4n) is 2.77. The lowest BCUT2D eigenvalue weighted by Gasteiger charge is -2.30. The third kappa shape index (κ3) is 3.97. The van der Waals surface area contributed by atoms with Crippen LogP contribution in [-0.4, -0.2) is 34.2 Å². The first-order valence-corrected chi connectivity index (χ1v) is 7.35. The van der Waals surface area contributed by atoms with Crippen LogP contribution in [-0.2, 0) is 6.54 Å². The van der Waals surface area contributed by atoms with Crippen molar-refractivity contribution in [3.05, 3.63) is 28.2 Å². The Morgan fingerprint density at radius 2 is 2.26 bits per heavy atom. The van der Waals surface area contributed by atoms with Crippen molar-refractivity contribution >= 4 is 15.9 Å². The first kappa shape index (κ1) is 14.9. The minimum Gasteiger partial charge on any atom is -0.393 e. The number of nitrogens with zero attached hydrogens (tertiary/aromatic N) is 2. The molecule has 1 atom stereocenters. The molecular weight excluding hydrogens is 311 g/mol. The SMILES string of the molecule is CC1(C)CC(O)CCN(Cc2c(F)cncc2Br)C1. The van der Waals surface area contributed by atoms with Gasteiger partial charge in [0.1, 0.15) is 5.82 Å². The summed E-state index contributed by atoms with van der Waals surface area (Å²) in [5.74, 6) is -0.281. The molecule has 1 unspecified atom stereocenters. The van der Waals surface area contributed by atoms with Crippen molar-refractivity contribution in [3.63, 3.8) is 0 Å². The number of aliphatic hydroxyl groups is 1. The van der Waals surface area contributed by atoms with E-state index in [4.69, 9.17) is 0 Å². The van der Waals surface area contributed by atoms with Crippen LogP contribution in [0.5, 0.6) is 0 Å². The van der Waals surface area contributed by atoms with E-state index in [1.807, 2.05) is 0 Å². The Morgan fingerprint density at radius 1 is 1.53 bits per heavy atom. The van der Waals surface area contributed by atoms with Crippen molar-refractivity contribution in [2.75, 3.05) is 13.1 Å². The van der Waals surface area contributed by atoms with E-state index >= 15 is 0 Å². The van der Waals surface area contributed by atoms with E-state index in [9.17, 15) is 9.50 Å². The van der Waals surface area contributed by atoms with E-state index in [0.717, 1.165) is 25.9 Å². The molecule has 19 heavy (non-hydrogen) atoms. The van der Waals surface area contributed by atoms with Gasteiger partial charge in [-0.15, -0.1) is 0 Å². The standard InChI is InChI=1S/C14H20BrFN2O/c1-14(2)5-10(19)3-4-18(9-14)8-11-12(15)6-17-7-13(11)16/h6-7,10,19H,3-5,8-9H2,1-2H3. The van der Waals surface area contributed by atoms with Gasteiger partial charge in [-0.05, 0) is 34.2 Å². The van der Waals surface area contributed by atoms with Crippen molar-refractivity contribution in [2.45, 2.75) is 39.3 Å². The highest BCUT2D eigenvalue weighted by Gasteiger charge is 2.29. The summed E-state index contributed by atoms with van der Waals surface area (Å²) < 4.78 is 14.5. The normalized spacial score (nSPS) is 24.2. The predicted molar refractivity (Wildman–Crippen MR) is 76.2 cm³/mol. The third-order valence-electron chi connectivity index (χ3n) is 3.55. The molecule has 1 aliphatic rings. The smallest absolute Gasteiger partial charge is 0.147 e. The number of hydrogen-bond donors (Lipinski definition) is 1. The highest BCUT2D eigenvalue weighted by atomic mass is 79.9. The second-order valence-corrected chi connectivity index (χ2v) is 6.96. The molecule has 0 saturated carbocycles. The van der Waals surface area contributed by atoms with Gasteiger partial charge in [-0.2, -0.15) is 0 Å². The number of aliphatic hydroxyl groups excluding tert-OH is 1. The zero-order chi connectivity index (χ0) is 14.0. The monoisotopic (exact) mass is 330 g/mol. The number of rotatable bonds is 2. The largest absolute Gasteiger partial charge is 0.393 e. The lowest BCUT2D eigenvalue weighted by Crippen LogP contribution is -2.32. The Bertz CT molecular complexity index is 433. The molecule has 2 rings (SSSR count). The molecule has 1 aliphatic heterocycles. The van der Waals surface area contributed by atoms with Gasteiger partial charge >= 0.3 is 0 Å². The van der Waals surface area contributed by atoms with Crippen molar-refractivity contribution in [2.24, 2.45) is 5.41 Å². The molecule has 1 saturated heterocycles. The molecule has 0 spiro atoms. The minimum atomic E-state index is -0.281. The molecule has 106 valence electrons. The average molecular weight is 331 g/mol. The Kier molecular flexibility index (Phi) is 4.58. The maximum atomic E-state index is 13.8. The van der Waals surface area contributed by atoms with Crippen molar-refractivity contribution < 1.29 is 9.50 Å². The van der Waals surface area contributed by atoms with E-state index in [1.165, 1.54) is 6.20 Å². The Labute approximate surface area is 122 Å². The molecule has 5 heteroatoms. The topological polar surface area (TPSA) is 36.4 Å². The van der Waals surface area contributed by atoms with Crippen LogP contribution in [0, 0.1) is 11.2 Å². The molecule has 1 aromatic rings. The van der Waals surface area contributed by atoms with Gasteiger partial charge < -0.3 is 5.11 Å². The Hall–Kier alpha value is -0.520. The predicted octanol–water partition coefficient (Wildman–Crippen LogP) is 2.97. The number of hydrogen-bond acceptors (Lipinski definition) is 3. The first-order chi connectivity index (χ1) is 8.87. The number of aromatic nitrogens is 1. The molecular formula is C14H20BrFN2O. The van der Waals surface area contributed by atoms with Crippen LogP contribution >= 0.6 is 15.9 Å². The van der Waals surface area contributed by atoms with Gasteiger partial charge in [0.2, 0.25) is 0 Å². The first-order valence-electron chi connectivity index (χ1n) is 6.56. The van der Waals surface area contributed by atoms with E-state index in [2.05, 4.69) is 39.7 Å². The Balaban J connectivity index is 2.14. The van der Waals surface area contributed by atoms with Crippen LogP contribution in [0.25, 0.3) is 0 Å². The van der Waals surface area contributed by atoms with Crippen molar-refractivity contribution in [3.8, 4) is 0 Å². The molecule has 2 heterocycles.